The van der Waals surface area contributed by atoms with Crippen molar-refractivity contribution < 1.29 is 4.74 Å². The fraction of sp³-hybridized carbons (Fsp3) is 0.357. The number of ether oxygens (including phenoxy) is 1. The molecule has 1 aromatic carbocycles. The van der Waals surface area contributed by atoms with Gasteiger partial charge < -0.3 is 15.5 Å². The topological polar surface area (TPSA) is 68.1 Å². The number of aromatic nitrogens is 1. The number of hydrogen-bond acceptors (Lipinski definition) is 3. The van der Waals surface area contributed by atoms with Gasteiger partial charge in [-0.15, -0.1) is 0 Å². The third-order valence-electron chi connectivity index (χ3n) is 2.68. The summed E-state index contributed by atoms with van der Waals surface area (Å²) in [6.07, 6.45) is 0.717. The normalized spacial score (nSPS) is 11.1. The Morgan fingerprint density at radius 1 is 1.33 bits per heavy atom. The maximum absolute atomic E-state index is 11.7. The highest BCUT2D eigenvalue weighted by atomic mass is 16.5. The van der Waals surface area contributed by atoms with Crippen LogP contribution in [0.3, 0.4) is 0 Å². The molecule has 0 saturated carbocycles. The quantitative estimate of drug-likeness (QED) is 0.864. The summed E-state index contributed by atoms with van der Waals surface area (Å²) < 4.78 is 5.64. The molecule has 2 rings (SSSR count). The van der Waals surface area contributed by atoms with E-state index in [2.05, 4.69) is 4.98 Å². The van der Waals surface area contributed by atoms with Gasteiger partial charge in [0.1, 0.15) is 5.75 Å². The van der Waals surface area contributed by atoms with Gasteiger partial charge in [0.25, 0.3) is 5.56 Å². The highest BCUT2D eigenvalue weighted by molar-refractivity contribution is 5.80. The SMILES string of the molecule is CC(C)Oc1ccc2[nH]c(=O)c(CCN)cc2c1. The molecule has 1 heterocycles. The molecule has 0 saturated heterocycles. The molecule has 0 aliphatic carbocycles. The molecule has 4 nitrogen and oxygen atoms in total. The van der Waals surface area contributed by atoms with Gasteiger partial charge in [0.15, 0.2) is 0 Å². The molecule has 0 spiro atoms. The van der Waals surface area contributed by atoms with Gasteiger partial charge in [-0.1, -0.05) is 0 Å². The van der Waals surface area contributed by atoms with Crippen LogP contribution in [-0.4, -0.2) is 17.6 Å². The van der Waals surface area contributed by atoms with E-state index in [1.807, 2.05) is 38.1 Å². The van der Waals surface area contributed by atoms with Crippen molar-refractivity contribution in [3.05, 3.63) is 40.2 Å². The number of nitrogens with two attached hydrogens (primary N) is 1. The predicted octanol–water partition coefficient (Wildman–Crippen LogP) is 1.82. The van der Waals surface area contributed by atoms with Crippen LogP contribution in [0.4, 0.5) is 0 Å². The number of H-pyrrole nitrogens is 1. The van der Waals surface area contributed by atoms with Crippen LogP contribution >= 0.6 is 0 Å². The van der Waals surface area contributed by atoms with Gasteiger partial charge in [0, 0.05) is 16.5 Å². The van der Waals surface area contributed by atoms with E-state index in [1.54, 1.807) is 0 Å². The minimum Gasteiger partial charge on any atom is -0.491 e. The van der Waals surface area contributed by atoms with Crippen LogP contribution in [0.5, 0.6) is 5.75 Å². The van der Waals surface area contributed by atoms with Gasteiger partial charge >= 0.3 is 0 Å². The summed E-state index contributed by atoms with van der Waals surface area (Å²) in [4.78, 5) is 14.6. The summed E-state index contributed by atoms with van der Waals surface area (Å²) in [7, 11) is 0. The highest BCUT2D eigenvalue weighted by Crippen LogP contribution is 2.20. The zero-order valence-corrected chi connectivity index (χ0v) is 10.7. The lowest BCUT2D eigenvalue weighted by molar-refractivity contribution is 0.243. The van der Waals surface area contributed by atoms with Crippen molar-refractivity contribution >= 4 is 10.9 Å². The van der Waals surface area contributed by atoms with Crippen LogP contribution < -0.4 is 16.0 Å². The Kier molecular flexibility index (Phi) is 3.67. The van der Waals surface area contributed by atoms with E-state index < -0.39 is 0 Å². The van der Waals surface area contributed by atoms with Crippen molar-refractivity contribution in [3.63, 3.8) is 0 Å². The Bertz CT molecular complexity index is 602. The summed E-state index contributed by atoms with van der Waals surface area (Å²) in [6, 6.07) is 7.54. The van der Waals surface area contributed by atoms with E-state index in [-0.39, 0.29) is 11.7 Å². The molecule has 18 heavy (non-hydrogen) atoms. The van der Waals surface area contributed by atoms with Crippen molar-refractivity contribution in [2.45, 2.75) is 26.4 Å². The monoisotopic (exact) mass is 246 g/mol. The zero-order valence-electron chi connectivity index (χ0n) is 10.7. The van der Waals surface area contributed by atoms with Gasteiger partial charge in [-0.3, -0.25) is 4.79 Å². The molecular weight excluding hydrogens is 228 g/mol. The van der Waals surface area contributed by atoms with Crippen molar-refractivity contribution in [1.29, 1.82) is 0 Å². The van der Waals surface area contributed by atoms with Crippen molar-refractivity contribution in [3.8, 4) is 5.75 Å². The molecule has 0 atom stereocenters. The fourth-order valence-electron chi connectivity index (χ4n) is 1.92. The molecule has 0 fully saturated rings. The first-order valence-electron chi connectivity index (χ1n) is 6.13. The second-order valence-corrected chi connectivity index (χ2v) is 4.58. The number of hydrogen-bond donors (Lipinski definition) is 2. The average Bonchev–Trinajstić information content (AvgIpc) is 2.30. The second kappa shape index (κ2) is 5.23. The number of aromatic amines is 1. The molecule has 1 aromatic heterocycles. The largest absolute Gasteiger partial charge is 0.491 e. The molecule has 96 valence electrons. The van der Waals surface area contributed by atoms with E-state index in [0.29, 0.717) is 18.5 Å². The van der Waals surface area contributed by atoms with Gasteiger partial charge in [0.05, 0.1) is 6.10 Å². The number of fused-ring (bicyclic) bond motifs is 1. The first kappa shape index (κ1) is 12.6. The van der Waals surface area contributed by atoms with Crippen molar-refractivity contribution in [2.75, 3.05) is 6.54 Å². The molecule has 0 aliphatic heterocycles. The molecular formula is C14H18N2O2. The average molecular weight is 246 g/mol. The van der Waals surface area contributed by atoms with Crippen LogP contribution in [-0.2, 0) is 6.42 Å². The smallest absolute Gasteiger partial charge is 0.251 e. The zero-order chi connectivity index (χ0) is 13.1. The molecule has 0 unspecified atom stereocenters. The minimum absolute atomic E-state index is 0.0644. The van der Waals surface area contributed by atoms with Crippen LogP contribution in [0, 0.1) is 0 Å². The van der Waals surface area contributed by atoms with E-state index in [4.69, 9.17) is 10.5 Å². The summed E-state index contributed by atoms with van der Waals surface area (Å²) in [5, 5.41) is 0.969. The van der Waals surface area contributed by atoms with Gasteiger partial charge in [-0.05, 0) is 51.1 Å². The lowest BCUT2D eigenvalue weighted by Gasteiger charge is -2.10. The Hall–Kier alpha value is -1.81. The summed E-state index contributed by atoms with van der Waals surface area (Å²) >= 11 is 0. The number of pyridine rings is 1. The van der Waals surface area contributed by atoms with Crippen LogP contribution in [0.2, 0.25) is 0 Å². The van der Waals surface area contributed by atoms with Crippen molar-refractivity contribution in [1.82, 2.24) is 4.98 Å². The van der Waals surface area contributed by atoms with Crippen LogP contribution in [0.25, 0.3) is 10.9 Å². The number of benzene rings is 1. The molecule has 0 bridgehead atoms. The van der Waals surface area contributed by atoms with Gasteiger partial charge in [-0.25, -0.2) is 0 Å². The van der Waals surface area contributed by atoms with E-state index >= 15 is 0 Å². The molecule has 4 heteroatoms. The molecule has 0 aliphatic rings. The molecule has 2 aromatic rings. The highest BCUT2D eigenvalue weighted by Gasteiger charge is 2.04. The Morgan fingerprint density at radius 2 is 2.11 bits per heavy atom. The summed E-state index contributed by atoms with van der Waals surface area (Å²) in [6.45, 7) is 4.44. The van der Waals surface area contributed by atoms with Gasteiger partial charge in [-0.2, -0.15) is 0 Å². The Morgan fingerprint density at radius 3 is 2.78 bits per heavy atom. The predicted molar refractivity (Wildman–Crippen MR) is 73.1 cm³/mol. The summed E-state index contributed by atoms with van der Waals surface area (Å²) in [5.41, 5.74) is 6.96. The van der Waals surface area contributed by atoms with E-state index in [0.717, 1.165) is 16.7 Å². The number of nitrogens with one attached hydrogen (secondary N) is 1. The third kappa shape index (κ3) is 2.71. The standard InChI is InChI=1S/C14H18N2O2/c1-9(2)18-12-3-4-13-11(8-12)7-10(5-6-15)14(17)16-13/h3-4,7-9H,5-6,15H2,1-2H3,(H,16,17). The van der Waals surface area contributed by atoms with Crippen molar-refractivity contribution in [2.24, 2.45) is 5.73 Å². The Balaban J connectivity index is 2.47. The summed E-state index contributed by atoms with van der Waals surface area (Å²) in [5.74, 6) is 0.809. The van der Waals surface area contributed by atoms with E-state index in [9.17, 15) is 4.79 Å². The van der Waals surface area contributed by atoms with Crippen LogP contribution in [0.1, 0.15) is 19.4 Å². The number of rotatable bonds is 4. The second-order valence-electron chi connectivity index (χ2n) is 4.58. The maximum atomic E-state index is 11.7. The Labute approximate surface area is 106 Å². The minimum atomic E-state index is -0.0644. The van der Waals surface area contributed by atoms with Gasteiger partial charge in [0.2, 0.25) is 0 Å². The molecule has 3 N–H and O–H groups in total. The maximum Gasteiger partial charge on any atom is 0.251 e. The molecule has 0 amide bonds. The van der Waals surface area contributed by atoms with E-state index in [1.165, 1.54) is 0 Å². The first-order valence-corrected chi connectivity index (χ1v) is 6.13. The lowest BCUT2D eigenvalue weighted by atomic mass is 10.1. The lowest BCUT2D eigenvalue weighted by Crippen LogP contribution is -2.16. The first-order chi connectivity index (χ1) is 8.60. The third-order valence-corrected chi connectivity index (χ3v) is 2.68. The van der Waals surface area contributed by atoms with Crippen LogP contribution in [0.15, 0.2) is 29.1 Å². The molecule has 0 radical (unpaired) electrons. The fourth-order valence-corrected chi connectivity index (χ4v) is 1.92.